The fraction of sp³-hybridized carbons (Fsp3) is 0.385. The number of anilines is 1. The molecule has 3 heterocycles. The predicted molar refractivity (Wildman–Crippen MR) is 142 cm³/mol. The Morgan fingerprint density at radius 1 is 1.33 bits per heavy atom. The molecule has 1 aliphatic carbocycles. The van der Waals surface area contributed by atoms with Crippen molar-refractivity contribution in [1.29, 1.82) is 5.26 Å². The zero-order valence-electron chi connectivity index (χ0n) is 21.0. The van der Waals surface area contributed by atoms with Gasteiger partial charge in [-0.1, -0.05) is 6.07 Å². The number of thiophene rings is 1. The second-order valence-corrected chi connectivity index (χ2v) is 12.2. The molecule has 0 unspecified atom stereocenters. The normalized spacial score (nSPS) is 22.7. The summed E-state index contributed by atoms with van der Waals surface area (Å²) in [6.07, 6.45) is 3.09. The van der Waals surface area contributed by atoms with Crippen LogP contribution in [-0.4, -0.2) is 54.6 Å². The summed E-state index contributed by atoms with van der Waals surface area (Å²) in [6, 6.07) is 9.36. The van der Waals surface area contributed by atoms with Crippen LogP contribution >= 0.6 is 11.3 Å². The van der Waals surface area contributed by atoms with Crippen LogP contribution in [0.4, 0.5) is 5.82 Å². The SMILES string of the molecule is Cc1sc(C(=O)c2cncnc2N[C@@H]2C[C@H](COS(N)(=O)=O)[C@@H](O)C2)cc1[C@@H]1OCCc2ccc(C#N)cc21. The minimum atomic E-state index is -4.11. The van der Waals surface area contributed by atoms with E-state index in [1.54, 1.807) is 6.07 Å². The number of hydrogen-bond donors (Lipinski definition) is 3. The number of ketones is 1. The lowest BCUT2D eigenvalue weighted by Crippen LogP contribution is -2.24. The van der Waals surface area contributed by atoms with Gasteiger partial charge in [-0.15, -0.1) is 11.3 Å². The first kappa shape index (κ1) is 27.3. The Labute approximate surface area is 229 Å². The molecule has 1 aliphatic heterocycles. The smallest absolute Gasteiger partial charge is 0.333 e. The van der Waals surface area contributed by atoms with E-state index in [0.29, 0.717) is 35.7 Å². The number of aliphatic hydroxyl groups is 1. The minimum Gasteiger partial charge on any atom is -0.393 e. The van der Waals surface area contributed by atoms with Crippen LogP contribution in [0.2, 0.25) is 0 Å². The Kier molecular flexibility index (Phi) is 7.77. The molecule has 0 spiro atoms. The molecule has 2 aliphatic rings. The molecule has 2 aromatic heterocycles. The second-order valence-electron chi connectivity index (χ2n) is 9.68. The van der Waals surface area contributed by atoms with E-state index < -0.39 is 22.3 Å². The first-order chi connectivity index (χ1) is 18.6. The maximum absolute atomic E-state index is 13.6. The Morgan fingerprint density at radius 3 is 2.92 bits per heavy atom. The van der Waals surface area contributed by atoms with Crippen LogP contribution in [-0.2, 0) is 25.6 Å². The van der Waals surface area contributed by atoms with Gasteiger partial charge in [-0.05, 0) is 61.1 Å². The maximum Gasteiger partial charge on any atom is 0.333 e. The molecular formula is C26H27N5O6S2. The molecule has 5 rings (SSSR count). The molecule has 0 radical (unpaired) electrons. The number of hydrogen-bond acceptors (Lipinski definition) is 11. The molecule has 4 atom stereocenters. The number of nitrogens with zero attached hydrogens (tertiary/aromatic N) is 3. The highest BCUT2D eigenvalue weighted by atomic mass is 32.2. The van der Waals surface area contributed by atoms with E-state index >= 15 is 0 Å². The number of nitrogens with one attached hydrogen (secondary N) is 1. The molecule has 11 nitrogen and oxygen atoms in total. The molecule has 1 aromatic carbocycles. The van der Waals surface area contributed by atoms with E-state index in [-0.39, 0.29) is 30.1 Å². The van der Waals surface area contributed by atoms with Gasteiger partial charge in [0.25, 0.3) is 0 Å². The van der Waals surface area contributed by atoms with E-state index in [1.165, 1.54) is 23.9 Å². The lowest BCUT2D eigenvalue weighted by molar-refractivity contribution is 0.0697. The number of nitriles is 1. The summed E-state index contributed by atoms with van der Waals surface area (Å²) in [6.45, 7) is 2.25. The van der Waals surface area contributed by atoms with Gasteiger partial charge in [0.2, 0.25) is 5.78 Å². The van der Waals surface area contributed by atoms with Gasteiger partial charge in [0, 0.05) is 23.0 Å². The van der Waals surface area contributed by atoms with Crippen LogP contribution in [0.25, 0.3) is 0 Å². The van der Waals surface area contributed by atoms with Crippen molar-refractivity contribution in [1.82, 2.24) is 9.97 Å². The van der Waals surface area contributed by atoms with Crippen LogP contribution in [0, 0.1) is 24.2 Å². The molecule has 0 saturated heterocycles. The van der Waals surface area contributed by atoms with E-state index in [0.717, 1.165) is 28.0 Å². The van der Waals surface area contributed by atoms with Gasteiger partial charge in [-0.3, -0.25) is 8.98 Å². The van der Waals surface area contributed by atoms with E-state index in [1.807, 2.05) is 25.1 Å². The molecule has 0 amide bonds. The highest BCUT2D eigenvalue weighted by Crippen LogP contribution is 2.39. The van der Waals surface area contributed by atoms with Gasteiger partial charge in [-0.2, -0.15) is 13.7 Å². The zero-order valence-corrected chi connectivity index (χ0v) is 22.7. The van der Waals surface area contributed by atoms with Crippen molar-refractivity contribution in [2.24, 2.45) is 11.1 Å². The Hall–Kier alpha value is -3.25. The number of ether oxygens (including phenoxy) is 1. The van der Waals surface area contributed by atoms with Crippen molar-refractivity contribution in [3.05, 3.63) is 74.4 Å². The highest BCUT2D eigenvalue weighted by molar-refractivity contribution is 7.84. The van der Waals surface area contributed by atoms with E-state index in [9.17, 15) is 23.6 Å². The molecule has 204 valence electrons. The van der Waals surface area contributed by atoms with Crippen molar-refractivity contribution < 1.29 is 27.2 Å². The number of aryl methyl sites for hydroxylation is 1. The van der Waals surface area contributed by atoms with Gasteiger partial charge in [0.1, 0.15) is 18.2 Å². The monoisotopic (exact) mass is 569 g/mol. The average molecular weight is 570 g/mol. The van der Waals surface area contributed by atoms with Crippen LogP contribution in [0.3, 0.4) is 0 Å². The number of benzene rings is 1. The Morgan fingerprint density at radius 2 is 2.15 bits per heavy atom. The highest BCUT2D eigenvalue weighted by Gasteiger charge is 2.35. The van der Waals surface area contributed by atoms with Crippen LogP contribution in [0.5, 0.6) is 0 Å². The van der Waals surface area contributed by atoms with Crippen molar-refractivity contribution in [2.45, 2.75) is 44.4 Å². The maximum atomic E-state index is 13.6. The van der Waals surface area contributed by atoms with Crippen molar-refractivity contribution in [3.8, 4) is 6.07 Å². The van der Waals surface area contributed by atoms with Gasteiger partial charge in [0.15, 0.2) is 0 Å². The summed E-state index contributed by atoms with van der Waals surface area (Å²) >= 11 is 1.35. The summed E-state index contributed by atoms with van der Waals surface area (Å²) < 4.78 is 33.0. The quantitative estimate of drug-likeness (QED) is 0.341. The van der Waals surface area contributed by atoms with Gasteiger partial charge in [0.05, 0.1) is 41.4 Å². The summed E-state index contributed by atoms with van der Waals surface area (Å²) in [5.41, 5.74) is 3.77. The average Bonchev–Trinajstić information content (AvgIpc) is 3.47. The molecule has 13 heteroatoms. The van der Waals surface area contributed by atoms with Gasteiger partial charge in [-0.25, -0.2) is 15.1 Å². The molecular weight excluding hydrogens is 542 g/mol. The molecule has 1 saturated carbocycles. The third-order valence-electron chi connectivity index (χ3n) is 7.08. The van der Waals surface area contributed by atoms with E-state index in [4.69, 9.17) is 9.88 Å². The summed E-state index contributed by atoms with van der Waals surface area (Å²) in [4.78, 5) is 23.4. The molecule has 3 aromatic rings. The largest absolute Gasteiger partial charge is 0.393 e. The molecule has 1 fully saturated rings. The van der Waals surface area contributed by atoms with Crippen LogP contribution in [0.15, 0.2) is 36.8 Å². The number of aliphatic hydroxyl groups excluding tert-OH is 1. The summed E-state index contributed by atoms with van der Waals surface area (Å²) in [5.74, 6) is -0.373. The van der Waals surface area contributed by atoms with Crippen molar-refractivity contribution in [3.63, 3.8) is 0 Å². The second kappa shape index (κ2) is 11.1. The number of carbonyl (C=O) groups is 1. The number of nitrogens with two attached hydrogens (primary N) is 1. The van der Waals surface area contributed by atoms with Gasteiger partial charge >= 0.3 is 10.3 Å². The standard InChI is InChI=1S/C26H27N5O6S2/c1-14-19(25-20-6-15(10-27)2-3-16(20)4-5-36-25)9-23(38-14)24(33)21-11-29-13-30-26(21)31-18-7-17(22(32)8-18)12-37-39(28,34)35/h2-3,6,9,11,13,17-18,22,25,32H,4-5,7-8,12H2,1H3,(H2,28,34,35)(H,29,30,31)/t17-,18-,22+,25+/m1/s1. The predicted octanol–water partition coefficient (Wildman–Crippen LogP) is 2.38. The topological polar surface area (TPSA) is 178 Å². The fourth-order valence-corrected chi connectivity index (χ4v) is 6.52. The number of rotatable bonds is 8. The summed E-state index contributed by atoms with van der Waals surface area (Å²) in [5, 5.41) is 27.8. The van der Waals surface area contributed by atoms with Gasteiger partial charge < -0.3 is 15.2 Å². The van der Waals surface area contributed by atoms with E-state index in [2.05, 4.69) is 25.5 Å². The molecule has 39 heavy (non-hydrogen) atoms. The summed E-state index contributed by atoms with van der Waals surface area (Å²) in [7, 11) is -4.11. The number of aromatic nitrogens is 2. The Bertz CT molecular complexity index is 1550. The van der Waals surface area contributed by atoms with Crippen molar-refractivity contribution >= 4 is 33.2 Å². The lowest BCUT2D eigenvalue weighted by Gasteiger charge is -2.26. The zero-order chi connectivity index (χ0) is 27.7. The van der Waals surface area contributed by atoms with Crippen LogP contribution < -0.4 is 10.5 Å². The first-order valence-corrected chi connectivity index (χ1v) is 14.6. The number of fused-ring (bicyclic) bond motifs is 1. The fourth-order valence-electron chi connectivity index (χ4n) is 5.16. The molecule has 0 bridgehead atoms. The first-order valence-electron chi connectivity index (χ1n) is 12.3. The van der Waals surface area contributed by atoms with Crippen molar-refractivity contribution in [2.75, 3.05) is 18.5 Å². The Balaban J connectivity index is 1.36. The third-order valence-corrected chi connectivity index (χ3v) is 8.61. The molecule has 4 N–H and O–H groups in total. The minimum absolute atomic E-state index is 0.229. The van der Waals surface area contributed by atoms with Crippen LogP contribution in [0.1, 0.15) is 61.3 Å². The number of carbonyl (C=O) groups excluding carboxylic acids is 1. The third kappa shape index (κ3) is 6.01. The lowest BCUT2D eigenvalue weighted by atomic mass is 9.91.